The number of amides is 1. The Morgan fingerprint density at radius 1 is 1.17 bits per heavy atom. The van der Waals surface area contributed by atoms with Crippen LogP contribution in [0.5, 0.6) is 5.88 Å². The average molecular weight is 409 g/mol. The number of carbonyl (C=O) groups is 1. The van der Waals surface area contributed by atoms with E-state index in [0.29, 0.717) is 19.0 Å². The first-order valence-corrected chi connectivity index (χ1v) is 10.9. The van der Waals surface area contributed by atoms with Gasteiger partial charge in [-0.3, -0.25) is 9.89 Å². The first-order valence-electron chi connectivity index (χ1n) is 10.9. The number of H-pyrrole nitrogens is 1. The zero-order valence-electron chi connectivity index (χ0n) is 18.2. The van der Waals surface area contributed by atoms with Crippen LogP contribution in [0.15, 0.2) is 36.5 Å². The van der Waals surface area contributed by atoms with Crippen molar-refractivity contribution in [1.29, 1.82) is 0 Å². The Labute approximate surface area is 178 Å². The zero-order chi connectivity index (χ0) is 21.3. The minimum absolute atomic E-state index is 0.0209. The Kier molecular flexibility index (Phi) is 7.82. The van der Waals surface area contributed by atoms with Crippen LogP contribution < -0.4 is 10.1 Å². The summed E-state index contributed by atoms with van der Waals surface area (Å²) in [5, 5.41) is 11.0. The number of pyridine rings is 1. The molecular formula is C24H32N4O2. The fraction of sp³-hybridized carbons (Fsp3) is 0.458. The number of rotatable bonds is 11. The number of aromatic amines is 1. The number of nitrogens with one attached hydrogen (secondary N) is 2. The molecule has 6 nitrogen and oxygen atoms in total. The smallest absolute Gasteiger partial charge is 0.227 e. The molecule has 0 bridgehead atoms. The Morgan fingerprint density at radius 3 is 2.80 bits per heavy atom. The van der Waals surface area contributed by atoms with Crippen molar-refractivity contribution in [2.45, 2.75) is 65.3 Å². The third-order valence-electron chi connectivity index (χ3n) is 5.33. The van der Waals surface area contributed by atoms with Crippen molar-refractivity contribution in [2.24, 2.45) is 0 Å². The van der Waals surface area contributed by atoms with Gasteiger partial charge in [0, 0.05) is 23.2 Å². The third kappa shape index (κ3) is 5.59. The summed E-state index contributed by atoms with van der Waals surface area (Å²) in [6.45, 7) is 7.27. The predicted octanol–water partition coefficient (Wildman–Crippen LogP) is 4.90. The van der Waals surface area contributed by atoms with E-state index in [4.69, 9.17) is 9.72 Å². The fourth-order valence-electron chi connectivity index (χ4n) is 3.29. The standard InChI is InChI=1S/C24H32N4O2/c1-4-6-8-21-11-9-19(24(27-21)30-13-7-5-2)15-25-23(29)17(3)18-10-12-22-20(14-18)16-26-28-22/h9-12,14,16-17H,4-8,13,15H2,1-3H3,(H,25,29)(H,26,28). The number of hydrogen-bond donors (Lipinski definition) is 2. The summed E-state index contributed by atoms with van der Waals surface area (Å²) in [5.41, 5.74) is 3.89. The van der Waals surface area contributed by atoms with Gasteiger partial charge in [0.2, 0.25) is 11.8 Å². The highest BCUT2D eigenvalue weighted by Crippen LogP contribution is 2.22. The summed E-state index contributed by atoms with van der Waals surface area (Å²) < 4.78 is 5.94. The minimum atomic E-state index is -0.259. The largest absolute Gasteiger partial charge is 0.477 e. The van der Waals surface area contributed by atoms with Gasteiger partial charge in [-0.25, -0.2) is 4.98 Å². The maximum atomic E-state index is 12.8. The van der Waals surface area contributed by atoms with Crippen LogP contribution in [0.2, 0.25) is 0 Å². The van der Waals surface area contributed by atoms with E-state index >= 15 is 0 Å². The van der Waals surface area contributed by atoms with E-state index < -0.39 is 0 Å². The molecule has 160 valence electrons. The Bertz CT molecular complexity index is 967. The summed E-state index contributed by atoms with van der Waals surface area (Å²) in [6, 6.07) is 10.0. The maximum absolute atomic E-state index is 12.8. The van der Waals surface area contributed by atoms with Gasteiger partial charge in [0.15, 0.2) is 0 Å². The second-order valence-electron chi connectivity index (χ2n) is 7.73. The highest BCUT2D eigenvalue weighted by Gasteiger charge is 2.17. The predicted molar refractivity (Wildman–Crippen MR) is 120 cm³/mol. The second-order valence-corrected chi connectivity index (χ2v) is 7.73. The molecule has 0 aliphatic carbocycles. The van der Waals surface area contributed by atoms with Crippen molar-refractivity contribution in [3.05, 3.63) is 53.3 Å². The van der Waals surface area contributed by atoms with E-state index in [0.717, 1.165) is 59.8 Å². The molecule has 2 heterocycles. The van der Waals surface area contributed by atoms with Crippen LogP contribution in [0.4, 0.5) is 0 Å². The van der Waals surface area contributed by atoms with E-state index in [1.165, 1.54) is 0 Å². The van der Waals surface area contributed by atoms with Gasteiger partial charge in [0.1, 0.15) is 0 Å². The Balaban J connectivity index is 1.66. The monoisotopic (exact) mass is 408 g/mol. The van der Waals surface area contributed by atoms with E-state index in [1.807, 2.05) is 37.3 Å². The summed E-state index contributed by atoms with van der Waals surface area (Å²) in [5.74, 6) is 0.364. The normalized spacial score (nSPS) is 12.1. The first-order chi connectivity index (χ1) is 14.6. The lowest BCUT2D eigenvalue weighted by Crippen LogP contribution is -2.28. The number of hydrogen-bond acceptors (Lipinski definition) is 4. The van der Waals surface area contributed by atoms with Crippen molar-refractivity contribution in [2.75, 3.05) is 6.61 Å². The Morgan fingerprint density at radius 2 is 2.00 bits per heavy atom. The molecule has 0 saturated carbocycles. The molecule has 1 aromatic carbocycles. The van der Waals surface area contributed by atoms with Crippen LogP contribution in [0.1, 0.15) is 69.2 Å². The fourth-order valence-corrected chi connectivity index (χ4v) is 3.29. The number of benzene rings is 1. The summed E-state index contributed by atoms with van der Waals surface area (Å²) in [6.07, 6.45) is 7.01. The van der Waals surface area contributed by atoms with E-state index in [-0.39, 0.29) is 11.8 Å². The number of aryl methyl sites for hydroxylation is 1. The molecule has 0 spiro atoms. The van der Waals surface area contributed by atoms with Gasteiger partial charge >= 0.3 is 0 Å². The van der Waals surface area contributed by atoms with E-state index in [9.17, 15) is 4.79 Å². The van der Waals surface area contributed by atoms with Crippen molar-refractivity contribution >= 4 is 16.8 Å². The van der Waals surface area contributed by atoms with Crippen molar-refractivity contribution in [1.82, 2.24) is 20.5 Å². The third-order valence-corrected chi connectivity index (χ3v) is 5.33. The van der Waals surface area contributed by atoms with Crippen molar-refractivity contribution < 1.29 is 9.53 Å². The minimum Gasteiger partial charge on any atom is -0.477 e. The van der Waals surface area contributed by atoms with Crippen LogP contribution in [-0.4, -0.2) is 27.7 Å². The van der Waals surface area contributed by atoms with Gasteiger partial charge in [-0.2, -0.15) is 5.10 Å². The molecule has 3 rings (SSSR count). The molecular weight excluding hydrogens is 376 g/mol. The molecule has 1 unspecified atom stereocenters. The highest BCUT2D eigenvalue weighted by atomic mass is 16.5. The van der Waals surface area contributed by atoms with E-state index in [2.05, 4.69) is 29.4 Å². The molecule has 30 heavy (non-hydrogen) atoms. The van der Waals surface area contributed by atoms with E-state index in [1.54, 1.807) is 6.20 Å². The van der Waals surface area contributed by atoms with Gasteiger partial charge in [0.25, 0.3) is 0 Å². The van der Waals surface area contributed by atoms with Crippen LogP contribution in [0.3, 0.4) is 0 Å². The van der Waals surface area contributed by atoms with Gasteiger partial charge in [0.05, 0.1) is 24.2 Å². The molecule has 3 aromatic rings. The van der Waals surface area contributed by atoms with Crippen LogP contribution in [0, 0.1) is 0 Å². The lowest BCUT2D eigenvalue weighted by molar-refractivity contribution is -0.122. The number of nitrogens with zero attached hydrogens (tertiary/aromatic N) is 2. The molecule has 0 radical (unpaired) electrons. The number of carbonyl (C=O) groups excluding carboxylic acids is 1. The van der Waals surface area contributed by atoms with Gasteiger partial charge in [-0.15, -0.1) is 0 Å². The van der Waals surface area contributed by atoms with Crippen LogP contribution in [0.25, 0.3) is 10.9 Å². The van der Waals surface area contributed by atoms with Gasteiger partial charge in [-0.1, -0.05) is 38.8 Å². The van der Waals surface area contributed by atoms with Crippen LogP contribution >= 0.6 is 0 Å². The number of unbranched alkanes of at least 4 members (excludes halogenated alkanes) is 2. The number of fused-ring (bicyclic) bond motifs is 1. The lowest BCUT2D eigenvalue weighted by Gasteiger charge is -2.15. The lowest BCUT2D eigenvalue weighted by atomic mass is 9.99. The molecule has 2 N–H and O–H groups in total. The molecule has 1 atom stereocenters. The summed E-state index contributed by atoms with van der Waals surface area (Å²) in [4.78, 5) is 17.5. The van der Waals surface area contributed by atoms with Crippen molar-refractivity contribution in [3.63, 3.8) is 0 Å². The Hall–Kier alpha value is -2.89. The van der Waals surface area contributed by atoms with Gasteiger partial charge in [-0.05, 0) is 49.9 Å². The van der Waals surface area contributed by atoms with Crippen LogP contribution in [-0.2, 0) is 17.8 Å². The molecule has 2 aromatic heterocycles. The molecule has 0 aliphatic rings. The second kappa shape index (κ2) is 10.8. The molecule has 0 aliphatic heterocycles. The van der Waals surface area contributed by atoms with Crippen molar-refractivity contribution in [3.8, 4) is 5.88 Å². The molecule has 0 fully saturated rings. The maximum Gasteiger partial charge on any atom is 0.227 e. The molecule has 6 heteroatoms. The number of aromatic nitrogens is 3. The molecule has 0 saturated heterocycles. The SMILES string of the molecule is CCCCOc1nc(CCCC)ccc1CNC(=O)C(C)c1ccc2[nH]ncc2c1. The zero-order valence-corrected chi connectivity index (χ0v) is 18.2. The quantitative estimate of drug-likeness (QED) is 0.442. The average Bonchev–Trinajstić information content (AvgIpc) is 3.24. The first kappa shape index (κ1) is 21.8. The number of ether oxygens (including phenoxy) is 1. The van der Waals surface area contributed by atoms with Gasteiger partial charge < -0.3 is 10.1 Å². The highest BCUT2D eigenvalue weighted by molar-refractivity contribution is 5.86. The summed E-state index contributed by atoms with van der Waals surface area (Å²) in [7, 11) is 0. The topological polar surface area (TPSA) is 79.9 Å². The molecule has 1 amide bonds. The summed E-state index contributed by atoms with van der Waals surface area (Å²) >= 11 is 0.